The lowest BCUT2D eigenvalue weighted by molar-refractivity contribution is -0.117. The zero-order valence-electron chi connectivity index (χ0n) is 17.8. The van der Waals surface area contributed by atoms with Gasteiger partial charge in [0.2, 0.25) is 16.9 Å². The van der Waals surface area contributed by atoms with E-state index in [1.54, 1.807) is 36.1 Å². The van der Waals surface area contributed by atoms with E-state index in [4.69, 9.17) is 0 Å². The second-order valence-electron chi connectivity index (χ2n) is 7.57. The number of nitrogens with zero attached hydrogens (tertiary/aromatic N) is 3. The van der Waals surface area contributed by atoms with Gasteiger partial charge in [-0.3, -0.25) is 19.7 Å². The SMILES string of the molecule is CCC(=O)Nc1cccc(C(=O)Nc2nnc(C3CC(=O)N(c4ccccc4C)C3)s2)c1. The molecule has 0 saturated carbocycles. The minimum Gasteiger partial charge on any atom is -0.326 e. The van der Waals surface area contributed by atoms with Gasteiger partial charge in [0.15, 0.2) is 0 Å². The molecule has 1 fully saturated rings. The van der Waals surface area contributed by atoms with Crippen molar-refractivity contribution >= 4 is 45.6 Å². The van der Waals surface area contributed by atoms with Crippen molar-refractivity contribution in [3.63, 3.8) is 0 Å². The van der Waals surface area contributed by atoms with E-state index in [1.807, 2.05) is 31.2 Å². The first-order valence-corrected chi connectivity index (χ1v) is 11.2. The normalized spacial score (nSPS) is 15.6. The van der Waals surface area contributed by atoms with Crippen LogP contribution >= 0.6 is 11.3 Å². The van der Waals surface area contributed by atoms with Crippen LogP contribution in [-0.4, -0.2) is 34.5 Å². The summed E-state index contributed by atoms with van der Waals surface area (Å²) in [4.78, 5) is 38.6. The molecule has 3 aromatic rings. The summed E-state index contributed by atoms with van der Waals surface area (Å²) in [5.41, 5.74) is 2.91. The summed E-state index contributed by atoms with van der Waals surface area (Å²) in [6.45, 7) is 4.28. The van der Waals surface area contributed by atoms with E-state index < -0.39 is 0 Å². The fraction of sp³-hybridized carbons (Fsp3) is 0.261. The number of benzene rings is 2. The zero-order valence-corrected chi connectivity index (χ0v) is 18.6. The van der Waals surface area contributed by atoms with E-state index in [9.17, 15) is 14.4 Å². The highest BCUT2D eigenvalue weighted by atomic mass is 32.1. The summed E-state index contributed by atoms with van der Waals surface area (Å²) in [6.07, 6.45) is 0.713. The van der Waals surface area contributed by atoms with Crippen LogP contribution in [-0.2, 0) is 9.59 Å². The van der Waals surface area contributed by atoms with Gasteiger partial charge in [-0.15, -0.1) is 10.2 Å². The molecular formula is C23H23N5O3S. The third-order valence-corrected chi connectivity index (χ3v) is 6.27. The van der Waals surface area contributed by atoms with Gasteiger partial charge in [0.1, 0.15) is 5.01 Å². The first kappa shape index (κ1) is 21.6. The second kappa shape index (κ2) is 9.27. The Bertz CT molecular complexity index is 1180. The fourth-order valence-electron chi connectivity index (χ4n) is 3.58. The lowest BCUT2D eigenvalue weighted by atomic mass is 10.1. The molecule has 2 N–H and O–H groups in total. The fourth-order valence-corrected chi connectivity index (χ4v) is 4.41. The quantitative estimate of drug-likeness (QED) is 0.593. The predicted octanol–water partition coefficient (Wildman–Crippen LogP) is 3.97. The molecule has 1 aromatic heterocycles. The molecule has 4 rings (SSSR count). The van der Waals surface area contributed by atoms with Crippen molar-refractivity contribution in [2.75, 3.05) is 22.1 Å². The Hall–Kier alpha value is -3.59. The minimum atomic E-state index is -0.343. The number of anilines is 3. The molecule has 1 unspecified atom stereocenters. The van der Waals surface area contributed by atoms with Gasteiger partial charge in [-0.25, -0.2) is 0 Å². The third-order valence-electron chi connectivity index (χ3n) is 5.27. The topological polar surface area (TPSA) is 104 Å². The number of aryl methyl sites for hydroxylation is 1. The Kier molecular flexibility index (Phi) is 6.27. The average Bonchev–Trinajstić information content (AvgIpc) is 3.40. The van der Waals surface area contributed by atoms with Crippen LogP contribution in [0, 0.1) is 6.92 Å². The molecule has 0 radical (unpaired) electrons. The first-order chi connectivity index (χ1) is 15.4. The number of hydrogen-bond donors (Lipinski definition) is 2. The molecule has 32 heavy (non-hydrogen) atoms. The van der Waals surface area contributed by atoms with Crippen LogP contribution in [0.1, 0.15) is 46.6 Å². The van der Waals surface area contributed by atoms with E-state index >= 15 is 0 Å². The Balaban J connectivity index is 1.43. The van der Waals surface area contributed by atoms with Gasteiger partial charge in [0, 0.05) is 42.2 Å². The summed E-state index contributed by atoms with van der Waals surface area (Å²) >= 11 is 1.27. The molecule has 9 heteroatoms. The van der Waals surface area contributed by atoms with Crippen LogP contribution in [0.2, 0.25) is 0 Å². The maximum Gasteiger partial charge on any atom is 0.257 e. The molecule has 2 aromatic carbocycles. The highest BCUT2D eigenvalue weighted by Crippen LogP contribution is 2.35. The molecular weight excluding hydrogens is 426 g/mol. The van der Waals surface area contributed by atoms with Crippen molar-refractivity contribution in [3.8, 4) is 0 Å². The molecule has 1 aliphatic rings. The number of aromatic nitrogens is 2. The largest absolute Gasteiger partial charge is 0.326 e. The summed E-state index contributed by atoms with van der Waals surface area (Å²) in [7, 11) is 0. The smallest absolute Gasteiger partial charge is 0.257 e. The standard InChI is InChI=1S/C23H23N5O3S/c1-3-19(29)24-17-9-6-8-15(11-17)21(31)25-23-27-26-22(32-23)16-12-20(30)28(13-16)18-10-5-4-7-14(18)2/h4-11,16H,3,12-13H2,1-2H3,(H,24,29)(H,25,27,31). The first-order valence-electron chi connectivity index (χ1n) is 10.3. The van der Waals surface area contributed by atoms with Gasteiger partial charge >= 0.3 is 0 Å². The van der Waals surface area contributed by atoms with Gasteiger partial charge in [-0.05, 0) is 36.8 Å². The Morgan fingerprint density at radius 2 is 1.94 bits per heavy atom. The van der Waals surface area contributed by atoms with Crippen LogP contribution in [0.25, 0.3) is 0 Å². The van der Waals surface area contributed by atoms with E-state index in [0.29, 0.717) is 40.8 Å². The summed E-state index contributed by atoms with van der Waals surface area (Å²) in [6, 6.07) is 14.5. The Labute approximate surface area is 189 Å². The average molecular weight is 450 g/mol. The van der Waals surface area contributed by atoms with E-state index in [0.717, 1.165) is 11.3 Å². The number of rotatable bonds is 6. The molecule has 0 bridgehead atoms. The van der Waals surface area contributed by atoms with Crippen LogP contribution in [0.5, 0.6) is 0 Å². The Morgan fingerprint density at radius 3 is 2.72 bits per heavy atom. The Morgan fingerprint density at radius 1 is 1.12 bits per heavy atom. The highest BCUT2D eigenvalue weighted by Gasteiger charge is 2.34. The van der Waals surface area contributed by atoms with Crippen molar-refractivity contribution in [2.45, 2.75) is 32.6 Å². The molecule has 0 aliphatic carbocycles. The van der Waals surface area contributed by atoms with Gasteiger partial charge in [-0.1, -0.05) is 42.5 Å². The lowest BCUT2D eigenvalue weighted by Crippen LogP contribution is -2.25. The molecule has 164 valence electrons. The van der Waals surface area contributed by atoms with Crippen molar-refractivity contribution < 1.29 is 14.4 Å². The molecule has 8 nitrogen and oxygen atoms in total. The van der Waals surface area contributed by atoms with E-state index in [-0.39, 0.29) is 23.6 Å². The maximum absolute atomic E-state index is 12.6. The van der Waals surface area contributed by atoms with Crippen molar-refractivity contribution in [1.29, 1.82) is 0 Å². The van der Waals surface area contributed by atoms with Gasteiger partial charge in [0.05, 0.1) is 0 Å². The predicted molar refractivity (Wildman–Crippen MR) is 124 cm³/mol. The van der Waals surface area contributed by atoms with Crippen molar-refractivity contribution in [1.82, 2.24) is 10.2 Å². The lowest BCUT2D eigenvalue weighted by Gasteiger charge is -2.18. The maximum atomic E-state index is 12.6. The van der Waals surface area contributed by atoms with Gasteiger partial charge < -0.3 is 10.2 Å². The number of carbonyl (C=O) groups excluding carboxylic acids is 3. The van der Waals surface area contributed by atoms with E-state index in [1.165, 1.54) is 11.3 Å². The number of hydrogen-bond acceptors (Lipinski definition) is 6. The monoisotopic (exact) mass is 449 g/mol. The number of carbonyl (C=O) groups is 3. The molecule has 3 amide bonds. The number of nitrogens with one attached hydrogen (secondary N) is 2. The highest BCUT2D eigenvalue weighted by molar-refractivity contribution is 7.15. The summed E-state index contributed by atoms with van der Waals surface area (Å²) in [5, 5.41) is 14.9. The molecule has 0 spiro atoms. The van der Waals surface area contributed by atoms with E-state index in [2.05, 4.69) is 20.8 Å². The van der Waals surface area contributed by atoms with Gasteiger partial charge in [-0.2, -0.15) is 0 Å². The van der Waals surface area contributed by atoms with Crippen molar-refractivity contribution in [3.05, 3.63) is 64.7 Å². The molecule has 2 heterocycles. The van der Waals surface area contributed by atoms with Crippen LogP contribution in [0.3, 0.4) is 0 Å². The zero-order chi connectivity index (χ0) is 22.7. The minimum absolute atomic E-state index is 0.0519. The van der Waals surface area contributed by atoms with Crippen LogP contribution < -0.4 is 15.5 Å². The third kappa shape index (κ3) is 4.67. The molecule has 1 aliphatic heterocycles. The molecule has 1 saturated heterocycles. The second-order valence-corrected chi connectivity index (χ2v) is 8.58. The number of amides is 3. The van der Waals surface area contributed by atoms with Crippen LogP contribution in [0.15, 0.2) is 48.5 Å². The van der Waals surface area contributed by atoms with Crippen LogP contribution in [0.4, 0.5) is 16.5 Å². The summed E-state index contributed by atoms with van der Waals surface area (Å²) in [5.74, 6) is -0.486. The number of para-hydroxylation sites is 1. The van der Waals surface area contributed by atoms with Gasteiger partial charge in [0.25, 0.3) is 5.91 Å². The van der Waals surface area contributed by atoms with Crippen molar-refractivity contribution in [2.24, 2.45) is 0 Å². The molecule has 1 atom stereocenters. The summed E-state index contributed by atoms with van der Waals surface area (Å²) < 4.78 is 0.